The number of ether oxygens (including phenoxy) is 1. The molecule has 1 amide bonds. The number of aromatic carboxylic acids is 1. The van der Waals surface area contributed by atoms with Gasteiger partial charge in [-0.25, -0.2) is 14.6 Å². The van der Waals surface area contributed by atoms with Crippen molar-refractivity contribution in [2.24, 2.45) is 0 Å². The van der Waals surface area contributed by atoms with Gasteiger partial charge in [-0.1, -0.05) is 0 Å². The summed E-state index contributed by atoms with van der Waals surface area (Å²) >= 11 is 0. The Morgan fingerprint density at radius 2 is 1.86 bits per heavy atom. The Balaban J connectivity index is 3.09. The molecule has 122 valence electrons. The molecule has 0 bridgehead atoms. The van der Waals surface area contributed by atoms with Crippen molar-refractivity contribution in [1.82, 2.24) is 4.98 Å². The monoisotopic (exact) mass is 320 g/mol. The van der Waals surface area contributed by atoms with Crippen LogP contribution in [-0.2, 0) is 4.74 Å². The average Bonchev–Trinajstić information content (AvgIpc) is 2.33. The summed E-state index contributed by atoms with van der Waals surface area (Å²) in [5.74, 6) is -1.63. The number of pyridine rings is 1. The number of nitrogens with zero attached hydrogens (tertiary/aromatic N) is 2. The van der Waals surface area contributed by atoms with Gasteiger partial charge in [0, 0.05) is 6.20 Å². The Labute approximate surface area is 124 Å². The zero-order valence-electron chi connectivity index (χ0n) is 12.1. The van der Waals surface area contributed by atoms with Crippen molar-refractivity contribution in [1.29, 1.82) is 0 Å². The standard InChI is InChI=1S/C13H15F3N2O4/c1-12(2,3)22-11(21)18(7-13(14,15)16)9-5-4-8(6-17-9)10(19)20/h4-6H,7H2,1-3H3,(H,19,20). The van der Waals surface area contributed by atoms with Crippen LogP contribution in [0.5, 0.6) is 0 Å². The number of anilines is 1. The lowest BCUT2D eigenvalue weighted by Crippen LogP contribution is -2.42. The zero-order valence-corrected chi connectivity index (χ0v) is 12.1. The Bertz CT molecular complexity index is 550. The maximum absolute atomic E-state index is 12.6. The molecule has 1 rings (SSSR count). The van der Waals surface area contributed by atoms with Gasteiger partial charge in [0.05, 0.1) is 5.56 Å². The molecule has 1 aromatic rings. The van der Waals surface area contributed by atoms with Gasteiger partial charge in [0.2, 0.25) is 0 Å². The summed E-state index contributed by atoms with van der Waals surface area (Å²) in [4.78, 5) is 26.5. The van der Waals surface area contributed by atoms with Gasteiger partial charge in [-0.3, -0.25) is 4.90 Å². The van der Waals surface area contributed by atoms with Crippen LogP contribution in [0.1, 0.15) is 31.1 Å². The number of carbonyl (C=O) groups excluding carboxylic acids is 1. The van der Waals surface area contributed by atoms with Crippen LogP contribution in [0.4, 0.5) is 23.8 Å². The van der Waals surface area contributed by atoms with Crippen LogP contribution in [0.3, 0.4) is 0 Å². The highest BCUT2D eigenvalue weighted by Gasteiger charge is 2.36. The van der Waals surface area contributed by atoms with Gasteiger partial charge in [-0.15, -0.1) is 0 Å². The van der Waals surface area contributed by atoms with Gasteiger partial charge in [-0.05, 0) is 32.9 Å². The SMILES string of the molecule is CC(C)(C)OC(=O)N(CC(F)(F)F)c1ccc(C(=O)O)cn1. The third-order valence-electron chi connectivity index (χ3n) is 2.22. The zero-order chi connectivity index (χ0) is 17.1. The second kappa shape index (κ2) is 6.20. The largest absolute Gasteiger partial charge is 0.478 e. The molecule has 9 heteroatoms. The summed E-state index contributed by atoms with van der Waals surface area (Å²) in [6.07, 6.45) is -5.02. The van der Waals surface area contributed by atoms with E-state index in [2.05, 4.69) is 4.98 Å². The van der Waals surface area contributed by atoms with E-state index >= 15 is 0 Å². The van der Waals surface area contributed by atoms with Crippen molar-refractivity contribution in [3.05, 3.63) is 23.9 Å². The van der Waals surface area contributed by atoms with Crippen molar-refractivity contribution in [3.63, 3.8) is 0 Å². The Morgan fingerprint density at radius 3 is 2.23 bits per heavy atom. The number of aromatic nitrogens is 1. The van der Waals surface area contributed by atoms with E-state index in [1.54, 1.807) is 0 Å². The van der Waals surface area contributed by atoms with Crippen LogP contribution in [0.15, 0.2) is 18.3 Å². The molecular formula is C13H15F3N2O4. The van der Waals surface area contributed by atoms with Crippen molar-refractivity contribution >= 4 is 17.9 Å². The number of hydrogen-bond acceptors (Lipinski definition) is 4. The molecule has 1 aromatic heterocycles. The summed E-state index contributed by atoms with van der Waals surface area (Å²) in [6.45, 7) is 2.94. The minimum atomic E-state index is -4.66. The highest BCUT2D eigenvalue weighted by Crippen LogP contribution is 2.23. The van der Waals surface area contributed by atoms with E-state index < -0.39 is 30.4 Å². The summed E-state index contributed by atoms with van der Waals surface area (Å²) in [6, 6.07) is 2.07. The average molecular weight is 320 g/mol. The Kier molecular flexibility index (Phi) is 5.00. The fourth-order valence-electron chi connectivity index (χ4n) is 1.41. The molecule has 0 aliphatic carbocycles. The van der Waals surface area contributed by atoms with Gasteiger partial charge >= 0.3 is 18.2 Å². The first kappa shape index (κ1) is 17.7. The lowest BCUT2D eigenvalue weighted by Gasteiger charge is -2.27. The molecule has 0 saturated heterocycles. The second-order valence-electron chi connectivity index (χ2n) is 5.39. The van der Waals surface area contributed by atoms with Crippen molar-refractivity contribution in [2.45, 2.75) is 32.5 Å². The first-order valence-corrected chi connectivity index (χ1v) is 6.16. The van der Waals surface area contributed by atoms with E-state index in [1.807, 2.05) is 0 Å². The molecule has 0 aliphatic heterocycles. The van der Waals surface area contributed by atoms with Crippen LogP contribution in [0.2, 0.25) is 0 Å². The van der Waals surface area contributed by atoms with Crippen LogP contribution in [0.25, 0.3) is 0 Å². The molecule has 0 atom stereocenters. The molecule has 6 nitrogen and oxygen atoms in total. The maximum atomic E-state index is 12.6. The van der Waals surface area contributed by atoms with Crippen molar-refractivity contribution in [3.8, 4) is 0 Å². The van der Waals surface area contributed by atoms with Crippen molar-refractivity contribution in [2.75, 3.05) is 11.4 Å². The number of amides is 1. The number of halogens is 3. The third-order valence-corrected chi connectivity index (χ3v) is 2.22. The van der Waals surface area contributed by atoms with E-state index in [9.17, 15) is 22.8 Å². The predicted octanol–water partition coefficient (Wildman–Crippen LogP) is 3.08. The van der Waals surface area contributed by atoms with E-state index in [1.165, 1.54) is 20.8 Å². The number of carbonyl (C=O) groups is 2. The molecule has 0 aliphatic rings. The summed E-state index contributed by atoms with van der Waals surface area (Å²) in [5, 5.41) is 8.74. The summed E-state index contributed by atoms with van der Waals surface area (Å²) < 4.78 is 42.8. The lowest BCUT2D eigenvalue weighted by atomic mass is 10.2. The van der Waals surface area contributed by atoms with Crippen LogP contribution in [0, 0.1) is 0 Å². The predicted molar refractivity (Wildman–Crippen MR) is 70.8 cm³/mol. The normalized spacial score (nSPS) is 11.9. The first-order valence-electron chi connectivity index (χ1n) is 6.16. The topological polar surface area (TPSA) is 79.7 Å². The third kappa shape index (κ3) is 5.58. The van der Waals surface area contributed by atoms with Gasteiger partial charge in [0.15, 0.2) is 0 Å². The fraction of sp³-hybridized carbons (Fsp3) is 0.462. The quantitative estimate of drug-likeness (QED) is 0.926. The lowest BCUT2D eigenvalue weighted by molar-refractivity contribution is -0.119. The summed E-state index contributed by atoms with van der Waals surface area (Å²) in [5.41, 5.74) is -1.19. The number of alkyl halides is 3. The van der Waals surface area contributed by atoms with Gasteiger partial charge < -0.3 is 9.84 Å². The number of carboxylic acids is 1. The first-order chi connectivity index (χ1) is 9.89. The molecule has 0 fully saturated rings. The minimum absolute atomic E-state index is 0.208. The van der Waals surface area contributed by atoms with Crippen molar-refractivity contribution < 1.29 is 32.6 Å². The molecule has 0 unspecified atom stereocenters. The van der Waals surface area contributed by atoms with Gasteiger partial charge in [0.25, 0.3) is 0 Å². The highest BCUT2D eigenvalue weighted by atomic mass is 19.4. The molecule has 0 radical (unpaired) electrons. The maximum Gasteiger partial charge on any atom is 0.416 e. The second-order valence-corrected chi connectivity index (χ2v) is 5.39. The Morgan fingerprint density at radius 1 is 1.27 bits per heavy atom. The van der Waals surface area contributed by atoms with E-state index in [0.29, 0.717) is 4.90 Å². The molecule has 0 spiro atoms. The number of hydrogen-bond donors (Lipinski definition) is 1. The molecule has 1 heterocycles. The van der Waals surface area contributed by atoms with Crippen LogP contribution in [-0.4, -0.2) is 40.5 Å². The molecule has 1 N–H and O–H groups in total. The van der Waals surface area contributed by atoms with E-state index in [0.717, 1.165) is 18.3 Å². The van der Waals surface area contributed by atoms with Gasteiger partial charge in [-0.2, -0.15) is 13.2 Å². The number of carboxylic acid groups (broad SMARTS) is 1. The molecular weight excluding hydrogens is 305 g/mol. The fourth-order valence-corrected chi connectivity index (χ4v) is 1.41. The number of rotatable bonds is 3. The van der Waals surface area contributed by atoms with E-state index in [4.69, 9.17) is 9.84 Å². The van der Waals surface area contributed by atoms with Gasteiger partial charge in [0.1, 0.15) is 18.0 Å². The van der Waals surface area contributed by atoms with Crippen LogP contribution < -0.4 is 4.90 Å². The van der Waals surface area contributed by atoms with E-state index in [-0.39, 0.29) is 11.4 Å². The molecule has 0 aromatic carbocycles. The minimum Gasteiger partial charge on any atom is -0.478 e. The molecule has 22 heavy (non-hydrogen) atoms. The highest BCUT2D eigenvalue weighted by molar-refractivity contribution is 5.89. The Hall–Kier alpha value is -2.32. The smallest absolute Gasteiger partial charge is 0.416 e. The molecule has 0 saturated carbocycles. The summed E-state index contributed by atoms with van der Waals surface area (Å²) in [7, 11) is 0. The van der Waals surface area contributed by atoms with Crippen LogP contribution >= 0.6 is 0 Å².